The quantitative estimate of drug-likeness (QED) is 0.821. The highest BCUT2D eigenvalue weighted by molar-refractivity contribution is 5.84. The molecule has 0 radical (unpaired) electrons. The molecule has 1 aromatic rings. The lowest BCUT2D eigenvalue weighted by molar-refractivity contribution is -0.124. The van der Waals surface area contributed by atoms with Crippen LogP contribution in [0.5, 0.6) is 0 Å². The molecule has 0 bridgehead atoms. The molecule has 3 atom stereocenters. The molecule has 1 aliphatic heterocycles. The average molecular weight is 286 g/mol. The fraction of sp³-hybridized carbons (Fsp3) is 0.611. The van der Waals surface area contributed by atoms with E-state index < -0.39 is 0 Å². The number of fused-ring (bicyclic) bond motifs is 1. The fourth-order valence-electron chi connectivity index (χ4n) is 3.71. The third-order valence-electron chi connectivity index (χ3n) is 5.06. The maximum Gasteiger partial charge on any atom is 0.241 e. The molecule has 0 aromatic heterocycles. The van der Waals surface area contributed by atoms with Crippen LogP contribution < -0.4 is 10.6 Å². The molecule has 3 heteroatoms. The van der Waals surface area contributed by atoms with Gasteiger partial charge in [0.05, 0.1) is 0 Å². The summed E-state index contributed by atoms with van der Waals surface area (Å²) in [5.41, 5.74) is 2.47. The summed E-state index contributed by atoms with van der Waals surface area (Å²) in [4.78, 5) is 12.7. The lowest BCUT2D eigenvalue weighted by Crippen LogP contribution is -2.46. The summed E-state index contributed by atoms with van der Waals surface area (Å²) < 4.78 is 0. The number of benzene rings is 1. The van der Waals surface area contributed by atoms with Gasteiger partial charge >= 0.3 is 0 Å². The summed E-state index contributed by atoms with van der Waals surface area (Å²) in [7, 11) is 0. The second-order valence-electron chi connectivity index (χ2n) is 6.57. The molecule has 3 nitrogen and oxygen atoms in total. The standard InChI is InChI=1S/C18H26N2O/c1-13-7-3-2-4-10-16(13)20-18(21)17-15-9-6-5-8-14(15)11-12-19-17/h5-6,8-9,13,16-17,19H,2-4,7,10-12H2,1H3,(H,20,21). The van der Waals surface area contributed by atoms with E-state index in [9.17, 15) is 4.79 Å². The molecular formula is C18H26N2O. The molecule has 0 spiro atoms. The minimum Gasteiger partial charge on any atom is -0.351 e. The van der Waals surface area contributed by atoms with Gasteiger partial charge in [-0.1, -0.05) is 50.5 Å². The predicted octanol–water partition coefficient (Wildman–Crippen LogP) is 2.96. The zero-order valence-corrected chi connectivity index (χ0v) is 12.9. The zero-order valence-electron chi connectivity index (χ0n) is 12.9. The van der Waals surface area contributed by atoms with Crippen LogP contribution in [0.15, 0.2) is 24.3 Å². The van der Waals surface area contributed by atoms with Gasteiger partial charge in [-0.3, -0.25) is 4.79 Å². The van der Waals surface area contributed by atoms with Gasteiger partial charge in [-0.2, -0.15) is 0 Å². The summed E-state index contributed by atoms with van der Waals surface area (Å²) in [6.07, 6.45) is 7.23. The van der Waals surface area contributed by atoms with E-state index in [1.165, 1.54) is 31.2 Å². The first kappa shape index (κ1) is 14.6. The Balaban J connectivity index is 1.71. The average Bonchev–Trinajstić information content (AvgIpc) is 2.71. The molecule has 2 N–H and O–H groups in total. The molecule has 3 unspecified atom stereocenters. The number of carbonyl (C=O) groups excluding carboxylic acids is 1. The first-order chi connectivity index (χ1) is 10.3. The maximum absolute atomic E-state index is 12.7. The van der Waals surface area contributed by atoms with Crippen molar-refractivity contribution in [1.82, 2.24) is 10.6 Å². The normalized spacial score (nSPS) is 29.3. The minimum absolute atomic E-state index is 0.154. The highest BCUT2D eigenvalue weighted by atomic mass is 16.2. The van der Waals surface area contributed by atoms with Crippen molar-refractivity contribution in [1.29, 1.82) is 0 Å². The van der Waals surface area contributed by atoms with E-state index >= 15 is 0 Å². The zero-order chi connectivity index (χ0) is 14.7. The Morgan fingerprint density at radius 3 is 2.90 bits per heavy atom. The van der Waals surface area contributed by atoms with Gasteiger partial charge in [-0.15, -0.1) is 0 Å². The molecule has 1 amide bonds. The van der Waals surface area contributed by atoms with Crippen LogP contribution in [0, 0.1) is 5.92 Å². The van der Waals surface area contributed by atoms with Crippen LogP contribution in [0.25, 0.3) is 0 Å². The smallest absolute Gasteiger partial charge is 0.241 e. The van der Waals surface area contributed by atoms with Gasteiger partial charge in [0.25, 0.3) is 0 Å². The number of amides is 1. The summed E-state index contributed by atoms with van der Waals surface area (Å²) in [6.45, 7) is 3.16. The van der Waals surface area contributed by atoms with Crippen LogP contribution >= 0.6 is 0 Å². The van der Waals surface area contributed by atoms with E-state index in [4.69, 9.17) is 0 Å². The molecule has 2 aliphatic rings. The summed E-state index contributed by atoms with van der Waals surface area (Å²) in [5.74, 6) is 0.746. The van der Waals surface area contributed by atoms with Crippen LogP contribution in [0.1, 0.15) is 56.2 Å². The van der Waals surface area contributed by atoms with Gasteiger partial charge < -0.3 is 10.6 Å². The van der Waals surface area contributed by atoms with Crippen molar-refractivity contribution < 1.29 is 4.79 Å². The monoisotopic (exact) mass is 286 g/mol. The molecule has 1 saturated carbocycles. The lowest BCUT2D eigenvalue weighted by Gasteiger charge is -2.29. The largest absolute Gasteiger partial charge is 0.351 e. The topological polar surface area (TPSA) is 41.1 Å². The number of rotatable bonds is 2. The number of carbonyl (C=O) groups is 1. The third kappa shape index (κ3) is 3.29. The summed E-state index contributed by atoms with van der Waals surface area (Å²) in [5, 5.41) is 6.70. The van der Waals surface area contributed by atoms with Gasteiger partial charge in [0.2, 0.25) is 5.91 Å². The Kier molecular flexibility index (Phi) is 4.59. The van der Waals surface area contributed by atoms with Crippen molar-refractivity contribution in [2.24, 2.45) is 5.92 Å². The van der Waals surface area contributed by atoms with E-state index in [0.29, 0.717) is 12.0 Å². The molecule has 1 heterocycles. The molecule has 21 heavy (non-hydrogen) atoms. The second-order valence-corrected chi connectivity index (χ2v) is 6.57. The molecule has 1 aromatic carbocycles. The Morgan fingerprint density at radius 1 is 1.19 bits per heavy atom. The highest BCUT2D eigenvalue weighted by Crippen LogP contribution is 2.26. The van der Waals surface area contributed by atoms with Crippen LogP contribution in [0.2, 0.25) is 0 Å². The van der Waals surface area contributed by atoms with E-state index in [0.717, 1.165) is 24.9 Å². The van der Waals surface area contributed by atoms with Gasteiger partial charge in [0.1, 0.15) is 6.04 Å². The van der Waals surface area contributed by atoms with Crippen molar-refractivity contribution in [2.75, 3.05) is 6.54 Å². The number of hydrogen-bond donors (Lipinski definition) is 2. The molecular weight excluding hydrogens is 260 g/mol. The SMILES string of the molecule is CC1CCCCCC1NC(=O)C1NCCc2ccccc21. The molecule has 1 aliphatic carbocycles. The fourth-order valence-corrected chi connectivity index (χ4v) is 3.71. The maximum atomic E-state index is 12.7. The predicted molar refractivity (Wildman–Crippen MR) is 85.1 cm³/mol. The molecule has 3 rings (SSSR count). The van der Waals surface area contributed by atoms with Crippen LogP contribution in [-0.2, 0) is 11.2 Å². The lowest BCUT2D eigenvalue weighted by atomic mass is 9.92. The Hall–Kier alpha value is -1.35. The van der Waals surface area contributed by atoms with Gasteiger partial charge in [0.15, 0.2) is 0 Å². The van der Waals surface area contributed by atoms with Crippen molar-refractivity contribution in [2.45, 2.75) is 57.5 Å². The number of hydrogen-bond acceptors (Lipinski definition) is 2. The molecule has 0 saturated heterocycles. The van der Waals surface area contributed by atoms with Crippen molar-refractivity contribution >= 4 is 5.91 Å². The van der Waals surface area contributed by atoms with E-state index in [1.54, 1.807) is 0 Å². The van der Waals surface area contributed by atoms with Gasteiger partial charge in [0, 0.05) is 12.6 Å². The van der Waals surface area contributed by atoms with E-state index in [1.807, 2.05) is 6.07 Å². The Bertz CT molecular complexity index is 500. The third-order valence-corrected chi connectivity index (χ3v) is 5.06. The van der Waals surface area contributed by atoms with Crippen LogP contribution in [0.3, 0.4) is 0 Å². The molecule has 114 valence electrons. The summed E-state index contributed by atoms with van der Waals surface area (Å²) >= 11 is 0. The number of nitrogens with one attached hydrogen (secondary N) is 2. The minimum atomic E-state index is -0.176. The van der Waals surface area contributed by atoms with E-state index in [-0.39, 0.29) is 11.9 Å². The second kappa shape index (κ2) is 6.61. The van der Waals surface area contributed by atoms with Crippen molar-refractivity contribution in [3.05, 3.63) is 35.4 Å². The Labute approximate surface area is 127 Å². The van der Waals surface area contributed by atoms with Gasteiger partial charge in [-0.25, -0.2) is 0 Å². The van der Waals surface area contributed by atoms with Crippen molar-refractivity contribution in [3.8, 4) is 0 Å². The Morgan fingerprint density at radius 2 is 2.00 bits per heavy atom. The van der Waals surface area contributed by atoms with Crippen molar-refractivity contribution in [3.63, 3.8) is 0 Å². The summed E-state index contributed by atoms with van der Waals surface area (Å²) in [6, 6.07) is 8.49. The first-order valence-electron chi connectivity index (χ1n) is 8.37. The van der Waals surface area contributed by atoms with E-state index in [2.05, 4.69) is 35.8 Å². The van der Waals surface area contributed by atoms with Crippen LogP contribution in [0.4, 0.5) is 0 Å². The van der Waals surface area contributed by atoms with Gasteiger partial charge in [-0.05, 0) is 36.3 Å². The highest BCUT2D eigenvalue weighted by Gasteiger charge is 2.29. The van der Waals surface area contributed by atoms with Crippen LogP contribution in [-0.4, -0.2) is 18.5 Å². The molecule has 1 fully saturated rings. The first-order valence-corrected chi connectivity index (χ1v) is 8.37.